The van der Waals surface area contributed by atoms with Crippen molar-refractivity contribution in [3.63, 3.8) is 0 Å². The second-order valence-electron chi connectivity index (χ2n) is 4.48. The molecular weight excluding hydrogens is 306 g/mol. The van der Waals surface area contributed by atoms with Crippen LogP contribution >= 0.6 is 22.9 Å². The Kier molecular flexibility index (Phi) is 3.77. The third-order valence-corrected chi connectivity index (χ3v) is 4.76. The maximum atomic E-state index is 12.1. The van der Waals surface area contributed by atoms with Crippen LogP contribution in [0, 0.1) is 0 Å². The molecule has 1 N–H and O–H groups in total. The number of aryl methyl sites for hydroxylation is 1. The van der Waals surface area contributed by atoms with Gasteiger partial charge in [0.1, 0.15) is 4.88 Å². The maximum Gasteiger partial charge on any atom is 0.283 e. The van der Waals surface area contributed by atoms with E-state index in [-0.39, 0.29) is 5.91 Å². The number of carbonyl (C=O) groups excluding carboxylic acids is 1. The summed E-state index contributed by atoms with van der Waals surface area (Å²) in [4.78, 5) is 12.6. The predicted molar refractivity (Wildman–Crippen MR) is 87.3 cm³/mol. The molecule has 2 aromatic heterocycles. The van der Waals surface area contributed by atoms with Crippen LogP contribution in [0.15, 0.2) is 47.7 Å². The monoisotopic (exact) mass is 317 g/mol. The topological polar surface area (TPSA) is 46.4 Å². The summed E-state index contributed by atoms with van der Waals surface area (Å²) in [5, 5.41) is 5.33. The van der Waals surface area contributed by atoms with Crippen molar-refractivity contribution >= 4 is 45.1 Å². The van der Waals surface area contributed by atoms with E-state index >= 15 is 0 Å². The lowest BCUT2D eigenvalue weighted by molar-refractivity contribution is 0.0959. The minimum Gasteiger partial charge on any atom is -0.350 e. The summed E-state index contributed by atoms with van der Waals surface area (Å²) in [6, 6.07) is 11.5. The number of rotatable bonds is 3. The van der Waals surface area contributed by atoms with Crippen molar-refractivity contribution in [1.82, 2.24) is 9.99 Å². The molecule has 4 nitrogen and oxygen atoms in total. The highest BCUT2D eigenvalue weighted by molar-refractivity contribution is 7.21. The third kappa shape index (κ3) is 2.70. The first-order valence-electron chi connectivity index (χ1n) is 6.28. The summed E-state index contributed by atoms with van der Waals surface area (Å²) in [5.74, 6) is -0.299. The van der Waals surface area contributed by atoms with Crippen LogP contribution < -0.4 is 5.43 Å². The van der Waals surface area contributed by atoms with Gasteiger partial charge in [0.15, 0.2) is 0 Å². The van der Waals surface area contributed by atoms with Gasteiger partial charge in [-0.15, -0.1) is 11.3 Å². The van der Waals surface area contributed by atoms with Gasteiger partial charge in [0.25, 0.3) is 5.91 Å². The molecule has 3 aromatic rings. The molecule has 0 fully saturated rings. The average Bonchev–Trinajstić information content (AvgIpc) is 3.04. The van der Waals surface area contributed by atoms with Crippen molar-refractivity contribution in [2.24, 2.45) is 12.1 Å². The molecule has 0 radical (unpaired) electrons. The number of aromatic nitrogens is 1. The summed E-state index contributed by atoms with van der Waals surface area (Å²) >= 11 is 7.61. The second kappa shape index (κ2) is 5.71. The quantitative estimate of drug-likeness (QED) is 0.581. The number of halogens is 1. The van der Waals surface area contributed by atoms with Crippen LogP contribution in [-0.4, -0.2) is 16.7 Å². The first kappa shape index (κ1) is 13.9. The van der Waals surface area contributed by atoms with Crippen LogP contribution in [0.4, 0.5) is 0 Å². The molecule has 1 amide bonds. The van der Waals surface area contributed by atoms with Gasteiger partial charge in [-0.05, 0) is 18.2 Å². The lowest BCUT2D eigenvalue weighted by Crippen LogP contribution is -2.16. The van der Waals surface area contributed by atoms with E-state index in [1.807, 2.05) is 54.2 Å². The molecule has 0 atom stereocenters. The first-order valence-corrected chi connectivity index (χ1v) is 7.48. The van der Waals surface area contributed by atoms with Gasteiger partial charge in [0.05, 0.1) is 16.9 Å². The summed E-state index contributed by atoms with van der Waals surface area (Å²) in [7, 11) is 1.91. The number of amides is 1. The van der Waals surface area contributed by atoms with Crippen molar-refractivity contribution in [1.29, 1.82) is 0 Å². The normalized spacial score (nSPS) is 11.3. The Morgan fingerprint density at radius 3 is 2.86 bits per heavy atom. The van der Waals surface area contributed by atoms with Crippen LogP contribution in [0.1, 0.15) is 15.4 Å². The summed E-state index contributed by atoms with van der Waals surface area (Å²) in [6.07, 6.45) is 3.51. The van der Waals surface area contributed by atoms with Crippen molar-refractivity contribution in [2.45, 2.75) is 0 Å². The summed E-state index contributed by atoms with van der Waals surface area (Å²) in [5.41, 5.74) is 3.41. The molecule has 0 aliphatic rings. The Hall–Kier alpha value is -2.11. The van der Waals surface area contributed by atoms with Crippen LogP contribution in [0.25, 0.3) is 10.1 Å². The standard InChI is InChI=1S/C15H12ClN3OS/c1-19-8-4-5-10(19)9-17-18-15(20)14-13(16)11-6-2-3-7-12(11)21-14/h2-9H,1H3,(H,18,20)/b17-9+. The zero-order chi connectivity index (χ0) is 14.8. The Bertz CT molecular complexity index is 834. The van der Waals surface area contributed by atoms with E-state index in [9.17, 15) is 4.79 Å². The predicted octanol–water partition coefficient (Wildman–Crippen LogP) is 3.66. The Morgan fingerprint density at radius 1 is 1.33 bits per heavy atom. The number of thiophene rings is 1. The maximum absolute atomic E-state index is 12.1. The van der Waals surface area contributed by atoms with Crippen molar-refractivity contribution < 1.29 is 4.79 Å². The molecule has 0 aliphatic carbocycles. The fourth-order valence-corrected chi connectivity index (χ4v) is 3.38. The zero-order valence-corrected chi connectivity index (χ0v) is 12.8. The highest BCUT2D eigenvalue weighted by Crippen LogP contribution is 2.34. The number of hydrogen-bond acceptors (Lipinski definition) is 3. The van der Waals surface area contributed by atoms with Crippen molar-refractivity contribution in [3.05, 3.63) is 58.2 Å². The molecule has 0 saturated carbocycles. The van der Waals surface area contributed by atoms with Gasteiger partial charge in [-0.3, -0.25) is 4.79 Å². The molecular formula is C15H12ClN3OS. The van der Waals surface area contributed by atoms with Gasteiger partial charge in [-0.25, -0.2) is 5.43 Å². The number of hydrogen-bond donors (Lipinski definition) is 1. The SMILES string of the molecule is Cn1cccc1/C=N/NC(=O)c1sc2ccccc2c1Cl. The van der Waals surface area contributed by atoms with Crippen molar-refractivity contribution in [3.8, 4) is 0 Å². The molecule has 1 aromatic carbocycles. The number of nitrogens with one attached hydrogen (secondary N) is 1. The fraction of sp³-hybridized carbons (Fsp3) is 0.0667. The van der Waals surface area contributed by atoms with E-state index in [1.54, 1.807) is 6.21 Å². The highest BCUT2D eigenvalue weighted by atomic mass is 35.5. The Labute approximate surface area is 130 Å². The molecule has 0 unspecified atom stereocenters. The minimum atomic E-state index is -0.299. The number of fused-ring (bicyclic) bond motifs is 1. The second-order valence-corrected chi connectivity index (χ2v) is 5.91. The zero-order valence-electron chi connectivity index (χ0n) is 11.2. The molecule has 0 bridgehead atoms. The van der Waals surface area contributed by atoms with E-state index in [4.69, 9.17) is 11.6 Å². The lowest BCUT2D eigenvalue weighted by atomic mass is 10.2. The highest BCUT2D eigenvalue weighted by Gasteiger charge is 2.16. The van der Waals surface area contributed by atoms with Gasteiger partial charge in [-0.2, -0.15) is 5.10 Å². The molecule has 6 heteroatoms. The van der Waals surface area contributed by atoms with E-state index < -0.39 is 0 Å². The molecule has 0 saturated heterocycles. The van der Waals surface area contributed by atoms with E-state index in [2.05, 4.69) is 10.5 Å². The smallest absolute Gasteiger partial charge is 0.283 e. The molecule has 0 aliphatic heterocycles. The molecule has 2 heterocycles. The number of hydrazone groups is 1. The van der Waals surface area contributed by atoms with E-state index in [1.165, 1.54) is 11.3 Å². The van der Waals surface area contributed by atoms with Crippen LogP contribution in [0.3, 0.4) is 0 Å². The van der Waals surface area contributed by atoms with Crippen LogP contribution in [0.5, 0.6) is 0 Å². The van der Waals surface area contributed by atoms with Gasteiger partial charge in [0, 0.05) is 23.3 Å². The van der Waals surface area contributed by atoms with Gasteiger partial charge in [-0.1, -0.05) is 29.8 Å². The van der Waals surface area contributed by atoms with Crippen LogP contribution in [-0.2, 0) is 7.05 Å². The molecule has 3 rings (SSSR count). The first-order chi connectivity index (χ1) is 10.2. The largest absolute Gasteiger partial charge is 0.350 e. The molecule has 0 spiro atoms. The number of nitrogens with zero attached hydrogens (tertiary/aromatic N) is 2. The summed E-state index contributed by atoms with van der Waals surface area (Å²) < 4.78 is 2.89. The van der Waals surface area contributed by atoms with Crippen molar-refractivity contribution in [2.75, 3.05) is 0 Å². The third-order valence-electron chi connectivity index (χ3n) is 3.09. The van der Waals surface area contributed by atoms with E-state index in [0.717, 1.165) is 15.8 Å². The number of benzene rings is 1. The lowest BCUT2D eigenvalue weighted by Gasteiger charge is -1.98. The van der Waals surface area contributed by atoms with Gasteiger partial charge in [0.2, 0.25) is 0 Å². The van der Waals surface area contributed by atoms with Crippen LogP contribution in [0.2, 0.25) is 5.02 Å². The fourth-order valence-electron chi connectivity index (χ4n) is 1.98. The number of carbonyl (C=O) groups is 1. The van der Waals surface area contributed by atoms with E-state index in [0.29, 0.717) is 9.90 Å². The van der Waals surface area contributed by atoms with Gasteiger partial charge < -0.3 is 4.57 Å². The summed E-state index contributed by atoms with van der Waals surface area (Å²) in [6.45, 7) is 0. The average molecular weight is 318 g/mol. The van der Waals surface area contributed by atoms with Gasteiger partial charge >= 0.3 is 0 Å². The molecule has 106 valence electrons. The Balaban J connectivity index is 1.80. The Morgan fingerprint density at radius 2 is 2.14 bits per heavy atom. The molecule has 21 heavy (non-hydrogen) atoms. The minimum absolute atomic E-state index is 0.299.